The van der Waals surface area contributed by atoms with Gasteiger partial charge in [0, 0.05) is 27.7 Å². The average Bonchev–Trinajstić information content (AvgIpc) is 2.48. The van der Waals surface area contributed by atoms with Crippen LogP contribution in [-0.4, -0.2) is 16.8 Å². The van der Waals surface area contributed by atoms with Gasteiger partial charge in [-0.05, 0) is 24.3 Å². The molecular formula is C14H8BrN2O5-. The predicted molar refractivity (Wildman–Crippen MR) is 79.5 cm³/mol. The Labute approximate surface area is 132 Å². The Hall–Kier alpha value is -2.74. The van der Waals surface area contributed by atoms with Crippen molar-refractivity contribution in [2.24, 2.45) is 0 Å². The molecule has 0 bridgehead atoms. The smallest absolute Gasteiger partial charge is 0.270 e. The number of anilines is 1. The molecule has 0 aliphatic carbocycles. The Balaban J connectivity index is 2.31. The number of nitrogens with zero attached hydrogens (tertiary/aromatic N) is 1. The molecule has 0 aliphatic rings. The van der Waals surface area contributed by atoms with E-state index in [1.807, 2.05) is 0 Å². The summed E-state index contributed by atoms with van der Waals surface area (Å²) < 4.78 is 0.514. The SMILES string of the molecule is O=C(Nc1ccc(Br)cc1C(=O)[O-])c1cccc([N+](=O)[O-])c1. The van der Waals surface area contributed by atoms with Crippen molar-refractivity contribution in [3.63, 3.8) is 0 Å². The number of carboxylic acids is 1. The number of nitro benzene ring substituents is 1. The third-order valence-corrected chi connectivity index (χ3v) is 3.26. The Bertz CT molecular complexity index is 776. The van der Waals surface area contributed by atoms with Crippen molar-refractivity contribution in [2.45, 2.75) is 0 Å². The Morgan fingerprint density at radius 2 is 1.86 bits per heavy atom. The second-order valence-electron chi connectivity index (χ2n) is 4.24. The molecule has 0 fully saturated rings. The molecule has 8 heteroatoms. The number of carbonyl (C=O) groups is 2. The molecule has 1 N–H and O–H groups in total. The molecular weight excluding hydrogens is 356 g/mol. The number of nitrogens with one attached hydrogen (secondary N) is 1. The van der Waals surface area contributed by atoms with Gasteiger partial charge in [0.2, 0.25) is 0 Å². The van der Waals surface area contributed by atoms with E-state index in [1.165, 1.54) is 30.3 Å². The molecule has 0 saturated carbocycles. The first-order valence-corrected chi connectivity index (χ1v) is 6.74. The lowest BCUT2D eigenvalue weighted by molar-refractivity contribution is -0.384. The minimum Gasteiger partial charge on any atom is -0.545 e. The predicted octanol–water partition coefficient (Wildman–Crippen LogP) is 1.97. The van der Waals surface area contributed by atoms with E-state index in [1.54, 1.807) is 6.07 Å². The fourth-order valence-electron chi connectivity index (χ4n) is 1.75. The Kier molecular flexibility index (Phi) is 4.52. The molecule has 0 aliphatic heterocycles. The van der Waals surface area contributed by atoms with Crippen molar-refractivity contribution in [2.75, 3.05) is 5.32 Å². The summed E-state index contributed by atoms with van der Waals surface area (Å²) in [7, 11) is 0. The quantitative estimate of drug-likeness (QED) is 0.658. The van der Waals surface area contributed by atoms with Gasteiger partial charge in [-0.3, -0.25) is 14.9 Å². The summed E-state index contributed by atoms with van der Waals surface area (Å²) in [5.41, 5.74) is -0.349. The average molecular weight is 364 g/mol. The highest BCUT2D eigenvalue weighted by Crippen LogP contribution is 2.22. The van der Waals surface area contributed by atoms with E-state index < -0.39 is 16.8 Å². The fraction of sp³-hybridized carbons (Fsp3) is 0. The van der Waals surface area contributed by atoms with E-state index in [2.05, 4.69) is 21.2 Å². The van der Waals surface area contributed by atoms with Gasteiger partial charge in [0.05, 0.1) is 16.6 Å². The van der Waals surface area contributed by atoms with Gasteiger partial charge in [0.1, 0.15) is 0 Å². The zero-order valence-electron chi connectivity index (χ0n) is 10.9. The number of non-ortho nitro benzene ring substituents is 1. The van der Waals surface area contributed by atoms with Crippen LogP contribution in [0.3, 0.4) is 0 Å². The number of rotatable bonds is 4. The number of halogens is 1. The minimum absolute atomic E-state index is 0.0414. The number of carbonyl (C=O) groups excluding carboxylic acids is 2. The fourth-order valence-corrected chi connectivity index (χ4v) is 2.11. The zero-order chi connectivity index (χ0) is 16.3. The van der Waals surface area contributed by atoms with Gasteiger partial charge in [-0.1, -0.05) is 22.0 Å². The van der Waals surface area contributed by atoms with E-state index in [0.717, 1.165) is 6.07 Å². The lowest BCUT2D eigenvalue weighted by Crippen LogP contribution is -2.25. The van der Waals surface area contributed by atoms with Crippen molar-refractivity contribution < 1.29 is 19.6 Å². The molecule has 0 unspecified atom stereocenters. The summed E-state index contributed by atoms with van der Waals surface area (Å²) in [6, 6.07) is 9.35. The van der Waals surface area contributed by atoms with Crippen LogP contribution < -0.4 is 10.4 Å². The van der Waals surface area contributed by atoms with E-state index in [4.69, 9.17) is 0 Å². The topological polar surface area (TPSA) is 112 Å². The molecule has 0 saturated heterocycles. The molecule has 2 aromatic rings. The molecule has 0 atom stereocenters. The summed E-state index contributed by atoms with van der Waals surface area (Å²) >= 11 is 3.12. The Morgan fingerprint density at radius 1 is 1.14 bits per heavy atom. The standard InChI is InChI=1S/C14H9BrN2O5/c15-9-4-5-12(11(7-9)14(19)20)16-13(18)8-2-1-3-10(6-8)17(21)22/h1-7H,(H,16,18)(H,19,20)/p-1. The summed E-state index contributed by atoms with van der Waals surface area (Å²) in [4.78, 5) is 33.2. The summed E-state index contributed by atoms with van der Waals surface area (Å²) in [5, 5.41) is 24.2. The molecule has 0 heterocycles. The minimum atomic E-state index is -1.45. The monoisotopic (exact) mass is 363 g/mol. The third kappa shape index (κ3) is 3.47. The molecule has 0 aromatic heterocycles. The number of carboxylic acid groups (broad SMARTS) is 1. The third-order valence-electron chi connectivity index (χ3n) is 2.77. The van der Waals surface area contributed by atoms with E-state index in [9.17, 15) is 24.8 Å². The van der Waals surface area contributed by atoms with Crippen LogP contribution in [-0.2, 0) is 0 Å². The normalized spacial score (nSPS) is 10.0. The number of amides is 1. The number of nitro groups is 1. The van der Waals surface area contributed by atoms with Crippen LogP contribution >= 0.6 is 15.9 Å². The van der Waals surface area contributed by atoms with Crippen molar-refractivity contribution >= 4 is 39.2 Å². The van der Waals surface area contributed by atoms with Gasteiger partial charge in [-0.2, -0.15) is 0 Å². The van der Waals surface area contributed by atoms with Gasteiger partial charge < -0.3 is 15.2 Å². The number of hydrogen-bond acceptors (Lipinski definition) is 5. The van der Waals surface area contributed by atoms with Gasteiger partial charge in [-0.25, -0.2) is 0 Å². The van der Waals surface area contributed by atoms with Gasteiger partial charge in [0.25, 0.3) is 11.6 Å². The molecule has 0 radical (unpaired) electrons. The Morgan fingerprint density at radius 3 is 2.50 bits per heavy atom. The highest BCUT2D eigenvalue weighted by Gasteiger charge is 2.13. The second-order valence-corrected chi connectivity index (χ2v) is 5.15. The first-order chi connectivity index (χ1) is 10.4. The summed E-state index contributed by atoms with van der Waals surface area (Å²) in [6.07, 6.45) is 0. The van der Waals surface area contributed by atoms with Crippen LogP contribution in [0.2, 0.25) is 0 Å². The highest BCUT2D eigenvalue weighted by atomic mass is 79.9. The molecule has 1 amide bonds. The van der Waals surface area contributed by atoms with Crippen LogP contribution in [0.4, 0.5) is 11.4 Å². The van der Waals surface area contributed by atoms with Crippen molar-refractivity contribution in [1.82, 2.24) is 0 Å². The number of benzene rings is 2. The molecule has 0 spiro atoms. The van der Waals surface area contributed by atoms with Crippen LogP contribution in [0.1, 0.15) is 20.7 Å². The lowest BCUT2D eigenvalue weighted by atomic mass is 10.1. The lowest BCUT2D eigenvalue weighted by Gasteiger charge is -2.12. The highest BCUT2D eigenvalue weighted by molar-refractivity contribution is 9.10. The zero-order valence-corrected chi connectivity index (χ0v) is 12.5. The van der Waals surface area contributed by atoms with Gasteiger partial charge in [0.15, 0.2) is 0 Å². The van der Waals surface area contributed by atoms with E-state index >= 15 is 0 Å². The molecule has 22 heavy (non-hydrogen) atoms. The van der Waals surface area contributed by atoms with E-state index in [0.29, 0.717) is 4.47 Å². The van der Waals surface area contributed by atoms with Crippen molar-refractivity contribution in [3.05, 3.63) is 68.2 Å². The molecule has 2 aromatic carbocycles. The number of hydrogen-bond donors (Lipinski definition) is 1. The van der Waals surface area contributed by atoms with Gasteiger partial charge >= 0.3 is 0 Å². The maximum Gasteiger partial charge on any atom is 0.270 e. The van der Waals surface area contributed by atoms with Crippen molar-refractivity contribution in [3.8, 4) is 0 Å². The summed E-state index contributed by atoms with van der Waals surface area (Å²) in [5.74, 6) is -2.11. The van der Waals surface area contributed by atoms with Crippen LogP contribution in [0, 0.1) is 10.1 Å². The first-order valence-electron chi connectivity index (χ1n) is 5.95. The largest absolute Gasteiger partial charge is 0.545 e. The summed E-state index contributed by atoms with van der Waals surface area (Å²) in [6.45, 7) is 0. The van der Waals surface area contributed by atoms with Gasteiger partial charge in [-0.15, -0.1) is 0 Å². The number of aromatic carboxylic acids is 1. The van der Waals surface area contributed by atoms with Crippen LogP contribution in [0.15, 0.2) is 46.9 Å². The van der Waals surface area contributed by atoms with E-state index in [-0.39, 0.29) is 22.5 Å². The van der Waals surface area contributed by atoms with Crippen LogP contribution in [0.5, 0.6) is 0 Å². The maximum absolute atomic E-state index is 12.1. The molecule has 112 valence electrons. The first kappa shape index (κ1) is 15.6. The van der Waals surface area contributed by atoms with Crippen LogP contribution in [0.25, 0.3) is 0 Å². The maximum atomic E-state index is 12.1. The van der Waals surface area contributed by atoms with Crippen molar-refractivity contribution in [1.29, 1.82) is 0 Å². The molecule has 7 nitrogen and oxygen atoms in total. The molecule has 2 rings (SSSR count). The second kappa shape index (κ2) is 6.35.